The van der Waals surface area contributed by atoms with E-state index in [0.29, 0.717) is 28.2 Å². The molecule has 2 aromatic heterocycles. The lowest BCUT2D eigenvalue weighted by atomic mass is 10.3. The molecule has 0 bridgehead atoms. The van der Waals surface area contributed by atoms with Crippen LogP contribution in [0.5, 0.6) is 0 Å². The van der Waals surface area contributed by atoms with Gasteiger partial charge in [-0.3, -0.25) is 0 Å². The van der Waals surface area contributed by atoms with Crippen molar-refractivity contribution in [2.75, 3.05) is 0 Å². The predicted molar refractivity (Wildman–Crippen MR) is 65.5 cm³/mol. The molecule has 0 unspecified atom stereocenters. The Morgan fingerprint density at radius 1 is 1.50 bits per heavy atom. The molecule has 1 N–H and O–H groups in total. The highest BCUT2D eigenvalue weighted by Crippen LogP contribution is 2.23. The monoisotopic (exact) mass is 284 g/mol. The van der Waals surface area contributed by atoms with Crippen LogP contribution in [-0.4, -0.2) is 19.7 Å². The van der Waals surface area contributed by atoms with Gasteiger partial charge in [-0.15, -0.1) is 0 Å². The summed E-state index contributed by atoms with van der Waals surface area (Å²) in [6, 6.07) is 2.82. The van der Waals surface area contributed by atoms with Gasteiger partial charge in [-0.25, -0.2) is 4.39 Å². The quantitative estimate of drug-likeness (QED) is 0.735. The first-order chi connectivity index (χ1) is 8.65. The van der Waals surface area contributed by atoms with Crippen LogP contribution in [0.3, 0.4) is 0 Å². The summed E-state index contributed by atoms with van der Waals surface area (Å²) in [5.74, 6) is -0.0395. The van der Waals surface area contributed by atoms with Crippen molar-refractivity contribution in [1.29, 1.82) is 0 Å². The third-order valence-corrected chi connectivity index (χ3v) is 3.13. The van der Waals surface area contributed by atoms with Crippen molar-refractivity contribution in [3.05, 3.63) is 40.0 Å². The molecule has 0 radical (unpaired) electrons. The Morgan fingerprint density at radius 2 is 2.33 bits per heavy atom. The SMILES string of the molecule is Fc1cc2c(cc1Cl)[nH]c(=S)n2Cc1ncon1. The molecule has 1 aromatic carbocycles. The summed E-state index contributed by atoms with van der Waals surface area (Å²) < 4.78 is 20.2. The number of halogens is 2. The minimum absolute atomic E-state index is 0.0467. The topological polar surface area (TPSA) is 59.6 Å². The van der Waals surface area contributed by atoms with Crippen molar-refractivity contribution >= 4 is 34.9 Å². The van der Waals surface area contributed by atoms with E-state index in [1.807, 2.05) is 0 Å². The number of aromatic amines is 1. The van der Waals surface area contributed by atoms with Crippen molar-refractivity contribution < 1.29 is 8.91 Å². The Balaban J connectivity index is 2.19. The van der Waals surface area contributed by atoms with Gasteiger partial charge in [-0.1, -0.05) is 16.8 Å². The average molecular weight is 285 g/mol. The van der Waals surface area contributed by atoms with Gasteiger partial charge in [0.05, 0.1) is 22.6 Å². The van der Waals surface area contributed by atoms with Gasteiger partial charge in [0.15, 0.2) is 10.6 Å². The van der Waals surface area contributed by atoms with E-state index in [4.69, 9.17) is 23.8 Å². The molecule has 3 aromatic rings. The van der Waals surface area contributed by atoms with Crippen LogP contribution in [0.4, 0.5) is 4.39 Å². The molecule has 0 spiro atoms. The molecular formula is C10H6ClFN4OS. The van der Waals surface area contributed by atoms with E-state index in [2.05, 4.69) is 19.6 Å². The summed E-state index contributed by atoms with van der Waals surface area (Å²) in [4.78, 5) is 6.85. The highest BCUT2D eigenvalue weighted by molar-refractivity contribution is 7.71. The van der Waals surface area contributed by atoms with E-state index in [1.54, 1.807) is 4.57 Å². The summed E-state index contributed by atoms with van der Waals surface area (Å²) in [6.07, 6.45) is 1.23. The second-order valence-electron chi connectivity index (χ2n) is 3.65. The zero-order valence-electron chi connectivity index (χ0n) is 8.85. The largest absolute Gasteiger partial charge is 0.343 e. The average Bonchev–Trinajstić information content (AvgIpc) is 2.92. The van der Waals surface area contributed by atoms with Crippen molar-refractivity contribution in [3.8, 4) is 0 Å². The lowest BCUT2D eigenvalue weighted by Crippen LogP contribution is -2.01. The Bertz CT molecular complexity index is 764. The Hall–Kier alpha value is -1.73. The van der Waals surface area contributed by atoms with E-state index >= 15 is 0 Å². The van der Waals surface area contributed by atoms with Crippen LogP contribution in [0.15, 0.2) is 23.0 Å². The van der Waals surface area contributed by atoms with Crippen LogP contribution in [0.2, 0.25) is 5.02 Å². The van der Waals surface area contributed by atoms with E-state index in [-0.39, 0.29) is 5.02 Å². The van der Waals surface area contributed by atoms with Crippen molar-refractivity contribution in [2.45, 2.75) is 6.54 Å². The molecule has 0 atom stereocenters. The molecule has 0 fully saturated rings. The number of imidazole rings is 1. The van der Waals surface area contributed by atoms with Crippen LogP contribution >= 0.6 is 23.8 Å². The lowest BCUT2D eigenvalue weighted by Gasteiger charge is -2.01. The predicted octanol–water partition coefficient (Wildman–Crippen LogP) is 2.92. The summed E-state index contributed by atoms with van der Waals surface area (Å²) in [6.45, 7) is 0.302. The number of nitrogens with one attached hydrogen (secondary N) is 1. The maximum atomic E-state index is 13.5. The molecule has 0 aliphatic heterocycles. The minimum atomic E-state index is -0.500. The highest BCUT2D eigenvalue weighted by Gasteiger charge is 2.10. The number of rotatable bonds is 2. The lowest BCUT2D eigenvalue weighted by molar-refractivity contribution is 0.408. The van der Waals surface area contributed by atoms with Gasteiger partial charge in [0.1, 0.15) is 5.82 Å². The number of nitrogens with zero attached hydrogens (tertiary/aromatic N) is 3. The number of hydrogen-bond donors (Lipinski definition) is 1. The van der Waals surface area contributed by atoms with Crippen molar-refractivity contribution in [2.24, 2.45) is 0 Å². The molecule has 0 aliphatic carbocycles. The molecule has 2 heterocycles. The third kappa shape index (κ3) is 1.81. The maximum absolute atomic E-state index is 13.5. The van der Waals surface area contributed by atoms with Gasteiger partial charge in [0.25, 0.3) is 0 Å². The molecular weight excluding hydrogens is 279 g/mol. The van der Waals surface area contributed by atoms with Crippen molar-refractivity contribution in [1.82, 2.24) is 19.7 Å². The summed E-state index contributed by atoms with van der Waals surface area (Å²) >= 11 is 10.9. The third-order valence-electron chi connectivity index (χ3n) is 2.52. The van der Waals surface area contributed by atoms with Crippen LogP contribution in [0.25, 0.3) is 11.0 Å². The first-order valence-electron chi connectivity index (χ1n) is 4.98. The molecule has 0 saturated carbocycles. The van der Waals surface area contributed by atoms with Crippen LogP contribution < -0.4 is 0 Å². The summed E-state index contributed by atoms with van der Waals surface area (Å²) in [5.41, 5.74) is 1.27. The number of H-pyrrole nitrogens is 1. The fourth-order valence-corrected chi connectivity index (χ4v) is 2.15. The van der Waals surface area contributed by atoms with Crippen LogP contribution in [0.1, 0.15) is 5.82 Å². The zero-order valence-corrected chi connectivity index (χ0v) is 10.4. The molecule has 18 heavy (non-hydrogen) atoms. The fraction of sp³-hybridized carbons (Fsp3) is 0.100. The molecule has 3 rings (SSSR count). The highest BCUT2D eigenvalue weighted by atomic mass is 35.5. The number of benzene rings is 1. The first kappa shape index (κ1) is 11.4. The standard InChI is InChI=1S/C10H6ClFN4OS/c11-5-1-7-8(2-6(5)12)16(10(18)14-7)3-9-13-4-17-15-9/h1-2,4H,3H2,(H,14,18). The molecule has 5 nitrogen and oxygen atoms in total. The smallest absolute Gasteiger partial charge is 0.213 e. The first-order valence-corrected chi connectivity index (χ1v) is 5.76. The molecule has 0 aliphatic rings. The van der Waals surface area contributed by atoms with Gasteiger partial charge in [-0.05, 0) is 18.3 Å². The van der Waals surface area contributed by atoms with Gasteiger partial charge in [-0.2, -0.15) is 4.98 Å². The van der Waals surface area contributed by atoms with Crippen molar-refractivity contribution in [3.63, 3.8) is 0 Å². The number of fused-ring (bicyclic) bond motifs is 1. The Morgan fingerprint density at radius 3 is 3.06 bits per heavy atom. The molecule has 92 valence electrons. The maximum Gasteiger partial charge on any atom is 0.213 e. The van der Waals surface area contributed by atoms with E-state index in [0.717, 1.165) is 0 Å². The second-order valence-corrected chi connectivity index (χ2v) is 4.44. The van der Waals surface area contributed by atoms with Gasteiger partial charge in [0, 0.05) is 6.07 Å². The van der Waals surface area contributed by atoms with Crippen LogP contribution in [0, 0.1) is 10.6 Å². The van der Waals surface area contributed by atoms with E-state index in [9.17, 15) is 4.39 Å². The Kier molecular flexibility index (Phi) is 2.64. The van der Waals surface area contributed by atoms with Gasteiger partial charge < -0.3 is 14.1 Å². The number of hydrogen-bond acceptors (Lipinski definition) is 4. The number of aromatic nitrogens is 4. The Labute approximate surface area is 110 Å². The summed E-state index contributed by atoms with van der Waals surface area (Å²) in [5, 5.41) is 3.74. The zero-order chi connectivity index (χ0) is 12.7. The second kappa shape index (κ2) is 4.18. The van der Waals surface area contributed by atoms with Gasteiger partial charge in [0.2, 0.25) is 6.39 Å². The minimum Gasteiger partial charge on any atom is -0.343 e. The molecule has 8 heteroatoms. The normalized spacial score (nSPS) is 11.2. The van der Waals surface area contributed by atoms with Crippen LogP contribution in [-0.2, 0) is 6.54 Å². The van der Waals surface area contributed by atoms with Gasteiger partial charge >= 0.3 is 0 Å². The molecule has 0 amide bonds. The fourth-order valence-electron chi connectivity index (χ4n) is 1.71. The van der Waals surface area contributed by atoms with E-state index in [1.165, 1.54) is 18.5 Å². The summed E-state index contributed by atoms with van der Waals surface area (Å²) in [7, 11) is 0. The molecule has 0 saturated heterocycles. The van der Waals surface area contributed by atoms with E-state index < -0.39 is 5.82 Å².